The first-order chi connectivity index (χ1) is 6.41. The molecule has 1 radical (unpaired) electrons. The molecule has 0 aliphatic carbocycles. The third-order valence-electron chi connectivity index (χ3n) is 2.43. The molecule has 0 bridgehead atoms. The van der Waals surface area contributed by atoms with Crippen molar-refractivity contribution >= 4 is 6.29 Å². The van der Waals surface area contributed by atoms with Gasteiger partial charge in [0.05, 0.1) is 0 Å². The zero-order valence-corrected chi connectivity index (χ0v) is 10.3. The molecular weight excluding hydrogens is 224 g/mol. The molecule has 0 aromatic heterocycles. The number of carbonyl (C=O) groups is 1. The third-order valence-corrected chi connectivity index (χ3v) is 2.43. The largest absolute Gasteiger partial charge is 0.303 e. The topological polar surface area (TPSA) is 17.1 Å². The Bertz CT molecular complexity index is 104. The van der Waals surface area contributed by atoms with Crippen LogP contribution < -0.4 is 0 Å². The number of rotatable bonds is 10. The summed E-state index contributed by atoms with van der Waals surface area (Å²) < 4.78 is 0. The van der Waals surface area contributed by atoms with Crippen LogP contribution in [-0.4, -0.2) is 6.29 Å². The Kier molecular flexibility index (Phi) is 18.6. The fraction of sp³-hybridized carbons (Fsp3) is 0.917. The predicted octanol–water partition coefficient (Wildman–Crippen LogP) is 4.10. The smallest absolute Gasteiger partial charge is 0.119 e. The molecule has 0 aliphatic rings. The van der Waals surface area contributed by atoms with Crippen LogP contribution in [0.15, 0.2) is 0 Å². The Labute approximate surface area is 99.5 Å². The molecule has 0 N–H and O–H groups in total. The summed E-state index contributed by atoms with van der Waals surface area (Å²) in [5, 5.41) is 0. The van der Waals surface area contributed by atoms with Gasteiger partial charge < -0.3 is 4.79 Å². The van der Waals surface area contributed by atoms with E-state index >= 15 is 0 Å². The van der Waals surface area contributed by atoms with Crippen molar-refractivity contribution in [2.75, 3.05) is 0 Å². The molecule has 0 aromatic rings. The van der Waals surface area contributed by atoms with Crippen molar-refractivity contribution in [3.63, 3.8) is 0 Å². The summed E-state index contributed by atoms with van der Waals surface area (Å²) in [4.78, 5) is 10.0. The van der Waals surface area contributed by atoms with Gasteiger partial charge in [-0.2, -0.15) is 0 Å². The van der Waals surface area contributed by atoms with Crippen LogP contribution in [0.1, 0.15) is 71.1 Å². The molecule has 0 fully saturated rings. The Morgan fingerprint density at radius 2 is 1.21 bits per heavy atom. The Hall–Kier alpha value is 0.189. The van der Waals surface area contributed by atoms with Gasteiger partial charge in [-0.25, -0.2) is 0 Å². The van der Waals surface area contributed by atoms with Crippen LogP contribution in [0, 0.1) is 0 Å². The zero-order valence-electron chi connectivity index (χ0n) is 9.36. The second-order valence-corrected chi connectivity index (χ2v) is 3.78. The van der Waals surface area contributed by atoms with Crippen LogP contribution in [0.5, 0.6) is 0 Å². The first-order valence-corrected chi connectivity index (χ1v) is 5.85. The second-order valence-electron chi connectivity index (χ2n) is 3.78. The van der Waals surface area contributed by atoms with Crippen LogP contribution >= 0.6 is 0 Å². The number of hydrogen-bond acceptors (Lipinski definition) is 1. The van der Waals surface area contributed by atoms with Crippen molar-refractivity contribution in [1.82, 2.24) is 0 Å². The van der Waals surface area contributed by atoms with E-state index in [4.69, 9.17) is 0 Å². The van der Waals surface area contributed by atoms with Crippen molar-refractivity contribution in [2.45, 2.75) is 71.1 Å². The Balaban J connectivity index is 0. The predicted molar refractivity (Wildman–Crippen MR) is 57.9 cm³/mol. The monoisotopic (exact) mass is 247 g/mol. The van der Waals surface area contributed by atoms with Crippen molar-refractivity contribution in [1.29, 1.82) is 0 Å². The SMILES string of the molecule is CCCCCCCCCCCC=O.[Cu]. The van der Waals surface area contributed by atoms with E-state index in [1.807, 2.05) is 0 Å². The summed E-state index contributed by atoms with van der Waals surface area (Å²) in [5.41, 5.74) is 0. The van der Waals surface area contributed by atoms with Gasteiger partial charge in [-0.3, -0.25) is 0 Å². The van der Waals surface area contributed by atoms with Gasteiger partial charge >= 0.3 is 0 Å². The number of hydrogen-bond donors (Lipinski definition) is 0. The molecule has 0 amide bonds. The standard InChI is InChI=1S/C12H24O.Cu/c1-2-3-4-5-6-7-8-9-10-11-12-13;/h12H,2-11H2,1H3;. The molecule has 0 aliphatic heterocycles. The van der Waals surface area contributed by atoms with Crippen LogP contribution in [0.3, 0.4) is 0 Å². The summed E-state index contributed by atoms with van der Waals surface area (Å²) in [5.74, 6) is 0. The molecule has 0 atom stereocenters. The minimum Gasteiger partial charge on any atom is -0.303 e. The van der Waals surface area contributed by atoms with Gasteiger partial charge in [0.15, 0.2) is 0 Å². The van der Waals surface area contributed by atoms with Crippen molar-refractivity contribution < 1.29 is 21.9 Å². The maximum Gasteiger partial charge on any atom is 0.119 e. The molecule has 0 saturated carbocycles. The van der Waals surface area contributed by atoms with E-state index in [2.05, 4.69) is 6.92 Å². The van der Waals surface area contributed by atoms with Crippen LogP contribution in [0.4, 0.5) is 0 Å². The van der Waals surface area contributed by atoms with Gasteiger partial charge in [0.25, 0.3) is 0 Å². The third kappa shape index (κ3) is 14.7. The average Bonchev–Trinajstić information content (AvgIpc) is 2.16. The van der Waals surface area contributed by atoms with E-state index in [1.165, 1.54) is 51.4 Å². The first kappa shape index (κ1) is 16.6. The van der Waals surface area contributed by atoms with Gasteiger partial charge in [-0.15, -0.1) is 0 Å². The van der Waals surface area contributed by atoms with Gasteiger partial charge in [0.1, 0.15) is 6.29 Å². The molecule has 0 heterocycles. The van der Waals surface area contributed by atoms with Gasteiger partial charge in [-0.1, -0.05) is 58.3 Å². The number of carbonyl (C=O) groups excluding carboxylic acids is 1. The van der Waals surface area contributed by atoms with E-state index in [-0.39, 0.29) is 17.1 Å². The zero-order chi connectivity index (χ0) is 9.78. The maximum atomic E-state index is 10.0. The quantitative estimate of drug-likeness (QED) is 0.323. The van der Waals surface area contributed by atoms with E-state index < -0.39 is 0 Å². The summed E-state index contributed by atoms with van der Waals surface area (Å²) in [7, 11) is 0. The van der Waals surface area contributed by atoms with Crippen molar-refractivity contribution in [3.05, 3.63) is 0 Å². The fourth-order valence-corrected chi connectivity index (χ4v) is 1.54. The van der Waals surface area contributed by atoms with Gasteiger partial charge in [-0.05, 0) is 6.42 Å². The summed E-state index contributed by atoms with van der Waals surface area (Å²) in [6, 6.07) is 0. The Morgan fingerprint density at radius 3 is 1.64 bits per heavy atom. The van der Waals surface area contributed by atoms with E-state index in [0.29, 0.717) is 0 Å². The maximum absolute atomic E-state index is 10.0. The van der Waals surface area contributed by atoms with Gasteiger partial charge in [0, 0.05) is 23.5 Å². The Morgan fingerprint density at radius 1 is 0.786 bits per heavy atom. The van der Waals surface area contributed by atoms with E-state index in [1.54, 1.807) is 0 Å². The minimum absolute atomic E-state index is 0. The number of aldehydes is 1. The minimum atomic E-state index is 0. The molecule has 1 nitrogen and oxygen atoms in total. The number of unbranched alkanes of at least 4 members (excludes halogenated alkanes) is 9. The summed E-state index contributed by atoms with van der Waals surface area (Å²) in [6.45, 7) is 2.25. The molecule has 0 unspecified atom stereocenters. The second kappa shape index (κ2) is 15.7. The molecular formula is C12H24CuO. The molecule has 0 aromatic carbocycles. The van der Waals surface area contributed by atoms with Crippen LogP contribution in [-0.2, 0) is 21.9 Å². The molecule has 89 valence electrons. The van der Waals surface area contributed by atoms with Crippen LogP contribution in [0.2, 0.25) is 0 Å². The molecule has 0 spiro atoms. The van der Waals surface area contributed by atoms with E-state index in [9.17, 15) is 4.79 Å². The van der Waals surface area contributed by atoms with Gasteiger partial charge in [0.2, 0.25) is 0 Å². The van der Waals surface area contributed by atoms with Crippen molar-refractivity contribution in [3.8, 4) is 0 Å². The van der Waals surface area contributed by atoms with Crippen molar-refractivity contribution in [2.24, 2.45) is 0 Å². The van der Waals surface area contributed by atoms with E-state index in [0.717, 1.165) is 19.1 Å². The van der Waals surface area contributed by atoms with Crippen LogP contribution in [0.25, 0.3) is 0 Å². The first-order valence-electron chi connectivity index (χ1n) is 5.85. The summed E-state index contributed by atoms with van der Waals surface area (Å²) >= 11 is 0. The average molecular weight is 248 g/mol. The molecule has 14 heavy (non-hydrogen) atoms. The summed E-state index contributed by atoms with van der Waals surface area (Å²) in [6.07, 6.45) is 13.7. The molecule has 0 rings (SSSR count). The normalized spacial score (nSPS) is 9.50. The molecule has 0 saturated heterocycles. The molecule has 2 heteroatoms. The fourth-order valence-electron chi connectivity index (χ4n) is 1.54.